The lowest BCUT2D eigenvalue weighted by molar-refractivity contribution is -0.119. The molecule has 0 atom stereocenters. The predicted octanol–water partition coefficient (Wildman–Crippen LogP) is 2.63. The minimum absolute atomic E-state index is 0.188. The first-order valence-corrected chi connectivity index (χ1v) is 5.85. The van der Waals surface area contributed by atoms with Crippen molar-refractivity contribution in [2.75, 3.05) is 18.0 Å². The first-order valence-electron chi connectivity index (χ1n) is 5.85. The first kappa shape index (κ1) is 14.8. The smallest absolute Gasteiger partial charge is 0.347 e. The maximum atomic E-state index is 12.6. The summed E-state index contributed by atoms with van der Waals surface area (Å²) in [6, 6.07) is 1.75. The third-order valence-corrected chi connectivity index (χ3v) is 2.63. The molecular weight excluding hydrogens is 243 g/mol. The SMILES string of the molecule is CCCN(CC(F)(F)F)c1nccc(C)c1CN. The third-order valence-electron chi connectivity index (χ3n) is 2.63. The molecule has 0 saturated carbocycles. The van der Waals surface area contributed by atoms with Gasteiger partial charge in [0.15, 0.2) is 0 Å². The summed E-state index contributed by atoms with van der Waals surface area (Å²) >= 11 is 0. The van der Waals surface area contributed by atoms with Gasteiger partial charge in [0.05, 0.1) is 0 Å². The number of alkyl halides is 3. The Morgan fingerprint density at radius 2 is 2.06 bits per heavy atom. The van der Waals surface area contributed by atoms with E-state index in [1.807, 2.05) is 13.8 Å². The van der Waals surface area contributed by atoms with Gasteiger partial charge < -0.3 is 10.6 Å². The highest BCUT2D eigenvalue weighted by molar-refractivity contribution is 5.50. The largest absolute Gasteiger partial charge is 0.405 e. The van der Waals surface area contributed by atoms with Crippen LogP contribution in [0.25, 0.3) is 0 Å². The average Bonchev–Trinajstić information content (AvgIpc) is 2.26. The molecule has 0 spiro atoms. The standard InChI is InChI=1S/C12H18F3N3/c1-3-6-18(8-12(13,14)15)11-10(7-16)9(2)4-5-17-11/h4-5H,3,6-8,16H2,1-2H3. The zero-order valence-corrected chi connectivity index (χ0v) is 10.6. The van der Waals surface area contributed by atoms with Crippen LogP contribution in [0, 0.1) is 6.92 Å². The molecule has 1 heterocycles. The van der Waals surface area contributed by atoms with Crippen molar-refractivity contribution in [1.29, 1.82) is 0 Å². The van der Waals surface area contributed by atoms with Crippen molar-refractivity contribution in [2.24, 2.45) is 5.73 Å². The molecule has 0 bridgehead atoms. The van der Waals surface area contributed by atoms with Crippen molar-refractivity contribution < 1.29 is 13.2 Å². The fourth-order valence-corrected chi connectivity index (χ4v) is 1.85. The van der Waals surface area contributed by atoms with Crippen LogP contribution in [-0.2, 0) is 6.54 Å². The lowest BCUT2D eigenvalue weighted by atomic mass is 10.1. The number of rotatable bonds is 5. The Morgan fingerprint density at radius 1 is 1.39 bits per heavy atom. The van der Waals surface area contributed by atoms with Gasteiger partial charge in [-0.2, -0.15) is 13.2 Å². The van der Waals surface area contributed by atoms with Crippen LogP contribution < -0.4 is 10.6 Å². The van der Waals surface area contributed by atoms with Gasteiger partial charge in [0.1, 0.15) is 12.4 Å². The molecule has 6 heteroatoms. The van der Waals surface area contributed by atoms with Crippen molar-refractivity contribution in [3.63, 3.8) is 0 Å². The first-order chi connectivity index (χ1) is 8.39. The summed E-state index contributed by atoms with van der Waals surface area (Å²) in [5.41, 5.74) is 7.14. The van der Waals surface area contributed by atoms with Gasteiger partial charge in [-0.1, -0.05) is 6.92 Å². The van der Waals surface area contributed by atoms with Gasteiger partial charge in [0, 0.05) is 24.8 Å². The van der Waals surface area contributed by atoms with E-state index in [-0.39, 0.29) is 6.54 Å². The van der Waals surface area contributed by atoms with Crippen molar-refractivity contribution >= 4 is 5.82 Å². The molecule has 0 saturated heterocycles. The van der Waals surface area contributed by atoms with E-state index < -0.39 is 12.7 Å². The zero-order valence-electron chi connectivity index (χ0n) is 10.6. The van der Waals surface area contributed by atoms with Gasteiger partial charge in [-0.15, -0.1) is 0 Å². The number of aromatic nitrogens is 1. The number of anilines is 1. The average molecular weight is 261 g/mol. The molecule has 0 radical (unpaired) electrons. The Labute approximate surface area is 105 Å². The molecule has 2 N–H and O–H groups in total. The number of nitrogens with two attached hydrogens (primary N) is 1. The van der Waals surface area contributed by atoms with Crippen molar-refractivity contribution in [1.82, 2.24) is 4.98 Å². The van der Waals surface area contributed by atoms with E-state index >= 15 is 0 Å². The summed E-state index contributed by atoms with van der Waals surface area (Å²) in [6.45, 7) is 3.16. The summed E-state index contributed by atoms with van der Waals surface area (Å²) < 4.78 is 37.7. The highest BCUT2D eigenvalue weighted by Crippen LogP contribution is 2.25. The fourth-order valence-electron chi connectivity index (χ4n) is 1.85. The van der Waals surface area contributed by atoms with E-state index in [1.54, 1.807) is 6.07 Å². The molecule has 0 fully saturated rings. The lowest BCUT2D eigenvalue weighted by Crippen LogP contribution is -2.36. The molecule has 1 aromatic heterocycles. The number of aryl methyl sites for hydroxylation is 1. The van der Waals surface area contributed by atoms with E-state index in [9.17, 15) is 13.2 Å². The topological polar surface area (TPSA) is 42.2 Å². The van der Waals surface area contributed by atoms with Crippen LogP contribution in [0.2, 0.25) is 0 Å². The van der Waals surface area contributed by atoms with Gasteiger partial charge in [-0.3, -0.25) is 0 Å². The minimum atomic E-state index is -4.24. The Hall–Kier alpha value is -1.30. The molecule has 1 aromatic rings. The van der Waals surface area contributed by atoms with E-state index in [0.717, 1.165) is 5.56 Å². The van der Waals surface area contributed by atoms with Crippen LogP contribution in [0.15, 0.2) is 12.3 Å². The summed E-state index contributed by atoms with van der Waals surface area (Å²) in [4.78, 5) is 5.30. The maximum Gasteiger partial charge on any atom is 0.405 e. The number of nitrogens with zero attached hydrogens (tertiary/aromatic N) is 2. The zero-order chi connectivity index (χ0) is 13.8. The van der Waals surface area contributed by atoms with E-state index in [4.69, 9.17) is 5.73 Å². The Kier molecular flexibility index (Phi) is 4.95. The summed E-state index contributed by atoms with van der Waals surface area (Å²) in [5.74, 6) is 0.344. The maximum absolute atomic E-state index is 12.6. The second-order valence-corrected chi connectivity index (χ2v) is 4.17. The number of hydrogen-bond donors (Lipinski definition) is 1. The van der Waals surface area contributed by atoms with Crippen LogP contribution >= 0.6 is 0 Å². The summed E-state index contributed by atoms with van der Waals surface area (Å²) in [6.07, 6.45) is -2.11. The fraction of sp³-hybridized carbons (Fsp3) is 0.583. The highest BCUT2D eigenvalue weighted by Gasteiger charge is 2.31. The van der Waals surface area contributed by atoms with Crippen molar-refractivity contribution in [2.45, 2.75) is 33.0 Å². The van der Waals surface area contributed by atoms with Crippen molar-refractivity contribution in [3.8, 4) is 0 Å². The van der Waals surface area contributed by atoms with Gasteiger partial charge >= 0.3 is 6.18 Å². The highest BCUT2D eigenvalue weighted by atomic mass is 19.4. The van der Waals surface area contributed by atoms with Gasteiger partial charge in [0.2, 0.25) is 0 Å². The Balaban J connectivity index is 3.09. The quantitative estimate of drug-likeness (QED) is 0.886. The van der Waals surface area contributed by atoms with Gasteiger partial charge in [-0.25, -0.2) is 4.98 Å². The number of hydrogen-bond acceptors (Lipinski definition) is 3. The predicted molar refractivity (Wildman–Crippen MR) is 65.4 cm³/mol. The Bertz CT molecular complexity index is 391. The molecule has 0 aromatic carbocycles. The van der Waals surface area contributed by atoms with E-state index in [0.29, 0.717) is 24.3 Å². The molecule has 0 aliphatic heterocycles. The second-order valence-electron chi connectivity index (χ2n) is 4.17. The van der Waals surface area contributed by atoms with Crippen molar-refractivity contribution in [3.05, 3.63) is 23.4 Å². The van der Waals surface area contributed by atoms with Crippen LogP contribution in [0.3, 0.4) is 0 Å². The number of halogens is 3. The summed E-state index contributed by atoms with van der Waals surface area (Å²) in [7, 11) is 0. The third kappa shape index (κ3) is 3.87. The molecule has 102 valence electrons. The molecule has 1 rings (SSSR count). The van der Waals surface area contributed by atoms with Crippen LogP contribution in [0.5, 0.6) is 0 Å². The lowest BCUT2D eigenvalue weighted by Gasteiger charge is -2.26. The number of pyridine rings is 1. The minimum Gasteiger partial charge on any atom is -0.347 e. The monoisotopic (exact) mass is 261 g/mol. The molecule has 0 aliphatic rings. The van der Waals surface area contributed by atoms with Crippen LogP contribution in [0.1, 0.15) is 24.5 Å². The van der Waals surface area contributed by atoms with Gasteiger partial charge in [-0.05, 0) is 25.0 Å². The van der Waals surface area contributed by atoms with E-state index in [2.05, 4.69) is 4.98 Å². The second kappa shape index (κ2) is 6.04. The normalized spacial score (nSPS) is 11.7. The molecule has 18 heavy (non-hydrogen) atoms. The van der Waals surface area contributed by atoms with Gasteiger partial charge in [0.25, 0.3) is 0 Å². The summed E-state index contributed by atoms with van der Waals surface area (Å²) in [5, 5.41) is 0. The molecule has 0 unspecified atom stereocenters. The van der Waals surface area contributed by atoms with E-state index in [1.165, 1.54) is 11.1 Å². The molecule has 0 aliphatic carbocycles. The van der Waals surface area contributed by atoms with Crippen LogP contribution in [-0.4, -0.2) is 24.2 Å². The molecule has 0 amide bonds. The molecule has 3 nitrogen and oxygen atoms in total. The van der Waals surface area contributed by atoms with Crippen LogP contribution in [0.4, 0.5) is 19.0 Å². The molecular formula is C12H18F3N3. The Morgan fingerprint density at radius 3 is 2.56 bits per heavy atom.